The Balaban J connectivity index is 1.39. The van der Waals surface area contributed by atoms with Crippen molar-refractivity contribution in [2.75, 3.05) is 13.2 Å². The van der Waals surface area contributed by atoms with Gasteiger partial charge in [-0.2, -0.15) is 0 Å². The Morgan fingerprint density at radius 2 is 1.68 bits per heavy atom. The molecule has 3 aliphatic carbocycles. The van der Waals surface area contributed by atoms with Gasteiger partial charge in [-0.25, -0.2) is 9.78 Å². The van der Waals surface area contributed by atoms with Crippen LogP contribution in [0.2, 0.25) is 25.7 Å². The molecule has 1 aromatic heterocycles. The lowest BCUT2D eigenvalue weighted by Gasteiger charge is -2.53. The van der Waals surface area contributed by atoms with Gasteiger partial charge < -0.3 is 14.0 Å². The molecule has 2 heterocycles. The second kappa shape index (κ2) is 11.2. The van der Waals surface area contributed by atoms with Crippen molar-refractivity contribution in [3.63, 3.8) is 0 Å². The topological polar surface area (TPSA) is 56.6 Å². The number of rotatable bonds is 8. The third kappa shape index (κ3) is 6.39. The van der Waals surface area contributed by atoms with Crippen molar-refractivity contribution < 1.29 is 14.3 Å². The molecule has 3 saturated carbocycles. The third-order valence-electron chi connectivity index (χ3n) is 9.46. The minimum Gasteiger partial charge on any atom is -0.444 e. The first kappa shape index (κ1) is 29.8. The van der Waals surface area contributed by atoms with E-state index in [1.54, 1.807) is 0 Å². The van der Waals surface area contributed by atoms with Gasteiger partial charge in [0.2, 0.25) is 0 Å². The summed E-state index contributed by atoms with van der Waals surface area (Å²) in [6.45, 7) is 14.9. The molecule has 4 aliphatic rings. The summed E-state index contributed by atoms with van der Waals surface area (Å²) in [6, 6.07) is 10.1. The average molecular weight is 631 g/mol. The maximum Gasteiger partial charge on any atom is 0.410 e. The average Bonchev–Trinajstić information content (AvgIpc) is 3.54. The fourth-order valence-corrected chi connectivity index (χ4v) is 8.00. The number of likely N-dealkylation sites (tertiary alicyclic amines) is 1. The van der Waals surface area contributed by atoms with Crippen molar-refractivity contribution in [3.8, 4) is 0 Å². The Morgan fingerprint density at radius 1 is 1.05 bits per heavy atom. The van der Waals surface area contributed by atoms with Gasteiger partial charge >= 0.3 is 6.09 Å². The molecule has 6 rings (SSSR count). The smallest absolute Gasteiger partial charge is 0.410 e. The summed E-state index contributed by atoms with van der Waals surface area (Å²) in [4.78, 5) is 20.5. The molecule has 6 nitrogen and oxygen atoms in total. The predicted octanol–water partition coefficient (Wildman–Crippen LogP) is 8.57. The minimum atomic E-state index is -1.18. The molecule has 2 bridgehead atoms. The monoisotopic (exact) mass is 629 g/mol. The minimum absolute atomic E-state index is 0.0744. The van der Waals surface area contributed by atoms with Crippen molar-refractivity contribution >= 4 is 30.1 Å². The highest BCUT2D eigenvalue weighted by Crippen LogP contribution is 2.58. The van der Waals surface area contributed by atoms with Crippen molar-refractivity contribution in [2.24, 2.45) is 0 Å². The first-order chi connectivity index (χ1) is 18.8. The van der Waals surface area contributed by atoms with E-state index in [1.807, 2.05) is 25.7 Å². The number of amides is 1. The Labute approximate surface area is 250 Å². The van der Waals surface area contributed by atoms with E-state index in [9.17, 15) is 4.79 Å². The highest BCUT2D eigenvalue weighted by atomic mass is 79.9. The van der Waals surface area contributed by atoms with Crippen LogP contribution < -0.4 is 0 Å². The summed E-state index contributed by atoms with van der Waals surface area (Å²) in [5.74, 6) is 0.969. The van der Waals surface area contributed by atoms with Crippen LogP contribution in [0.3, 0.4) is 0 Å². The van der Waals surface area contributed by atoms with Gasteiger partial charge in [-0.3, -0.25) is 4.90 Å². The lowest BCUT2D eigenvalue weighted by atomic mass is 9.51. The van der Waals surface area contributed by atoms with Gasteiger partial charge in [-0.05, 0) is 101 Å². The number of fused-ring (bicyclic) bond motifs is 3. The molecule has 1 atom stereocenters. The van der Waals surface area contributed by atoms with E-state index in [1.165, 1.54) is 30.5 Å². The molecule has 40 heavy (non-hydrogen) atoms. The van der Waals surface area contributed by atoms with Crippen LogP contribution in [-0.4, -0.2) is 47.4 Å². The maximum atomic E-state index is 13.2. The van der Waals surface area contributed by atoms with Crippen molar-refractivity contribution in [1.29, 1.82) is 0 Å². The van der Waals surface area contributed by atoms with Crippen LogP contribution >= 0.6 is 15.9 Å². The fourth-order valence-electron chi connectivity index (χ4n) is 6.98. The number of carbonyl (C=O) groups is 1. The van der Waals surface area contributed by atoms with E-state index >= 15 is 0 Å². The lowest BCUT2D eigenvalue weighted by Crippen LogP contribution is -2.46. The molecular weight excluding hydrogens is 582 g/mol. The second-order valence-electron chi connectivity index (χ2n) is 14.7. The number of halogens is 1. The Kier molecular flexibility index (Phi) is 8.36. The van der Waals surface area contributed by atoms with E-state index in [-0.39, 0.29) is 17.6 Å². The van der Waals surface area contributed by atoms with Gasteiger partial charge in [0.1, 0.15) is 18.2 Å². The molecule has 4 fully saturated rings. The lowest BCUT2D eigenvalue weighted by molar-refractivity contribution is 0.0204. The zero-order valence-electron chi connectivity index (χ0n) is 25.4. The number of hydrogen-bond acceptors (Lipinski definition) is 4. The van der Waals surface area contributed by atoms with Crippen LogP contribution in [0.5, 0.6) is 0 Å². The summed E-state index contributed by atoms with van der Waals surface area (Å²) < 4.78 is 15.4. The molecule has 1 saturated heterocycles. The first-order valence-electron chi connectivity index (χ1n) is 15.2. The van der Waals surface area contributed by atoms with Crippen LogP contribution in [0, 0.1) is 0 Å². The summed E-state index contributed by atoms with van der Waals surface area (Å²) >= 11 is 3.60. The van der Waals surface area contributed by atoms with E-state index in [0.717, 1.165) is 55.1 Å². The molecule has 8 heteroatoms. The van der Waals surface area contributed by atoms with Crippen LogP contribution in [0.15, 0.2) is 34.9 Å². The highest BCUT2D eigenvalue weighted by Gasteiger charge is 2.51. The molecular formula is C32H48BrN3O3Si. The summed E-state index contributed by atoms with van der Waals surface area (Å²) in [6.07, 6.45) is 11.0. The van der Waals surface area contributed by atoms with E-state index in [4.69, 9.17) is 14.5 Å². The second-order valence-corrected chi connectivity index (χ2v) is 21.2. The third-order valence-corrected chi connectivity index (χ3v) is 11.7. The van der Waals surface area contributed by atoms with Crippen molar-refractivity contribution in [2.45, 2.75) is 127 Å². The van der Waals surface area contributed by atoms with Crippen molar-refractivity contribution in [3.05, 3.63) is 52.0 Å². The van der Waals surface area contributed by atoms with E-state index in [2.05, 4.69) is 70.6 Å². The molecule has 0 spiro atoms. The zero-order valence-corrected chi connectivity index (χ0v) is 28.0. The Morgan fingerprint density at radius 3 is 2.27 bits per heavy atom. The SMILES string of the molecule is CC(C)(C)OC(=O)N1CCC[C@H]1c1nc(C23CCC(c4ccc(Br)cc4)(CC2)CC3)cn1COCC[Si](C)(C)C. The van der Waals surface area contributed by atoms with Gasteiger partial charge in [-0.15, -0.1) is 0 Å². The standard InChI is InChI=1S/C32H48BrN3O3Si/c1-30(2,3)39-29(37)36-19-7-8-26(36)28-34-27(22-35(28)23-38-20-21-40(4,5)6)32-16-13-31(14-17-32,15-18-32)24-9-11-25(33)12-10-24/h9-12,22,26H,7-8,13-21,23H2,1-6H3/t26-,31?,32?/m0/s1. The van der Waals surface area contributed by atoms with Crippen molar-refractivity contribution in [1.82, 2.24) is 14.5 Å². The fraction of sp³-hybridized carbons (Fsp3) is 0.688. The highest BCUT2D eigenvalue weighted by molar-refractivity contribution is 9.10. The molecule has 0 radical (unpaired) electrons. The molecule has 1 aromatic carbocycles. The molecule has 1 aliphatic heterocycles. The van der Waals surface area contributed by atoms with Gasteiger partial charge in [-0.1, -0.05) is 47.7 Å². The molecule has 1 amide bonds. The molecule has 0 unspecified atom stereocenters. The Hall–Kier alpha value is -1.64. The van der Waals surface area contributed by atoms with Crippen LogP contribution in [0.1, 0.15) is 95.3 Å². The number of aromatic nitrogens is 2. The van der Waals surface area contributed by atoms with Crippen LogP contribution in [0.4, 0.5) is 4.79 Å². The maximum absolute atomic E-state index is 13.2. The quantitative estimate of drug-likeness (QED) is 0.217. The van der Waals surface area contributed by atoms with E-state index < -0.39 is 13.7 Å². The van der Waals surface area contributed by atoms with Crippen LogP contribution in [0.25, 0.3) is 0 Å². The summed E-state index contributed by atoms with van der Waals surface area (Å²) in [7, 11) is -1.18. The number of benzene rings is 1. The van der Waals surface area contributed by atoms with Gasteiger partial charge in [0, 0.05) is 37.3 Å². The van der Waals surface area contributed by atoms with E-state index in [0.29, 0.717) is 18.7 Å². The Bertz CT molecular complexity index is 1170. The number of carbonyl (C=O) groups excluding carboxylic acids is 1. The predicted molar refractivity (Wildman–Crippen MR) is 166 cm³/mol. The number of ether oxygens (including phenoxy) is 2. The summed E-state index contributed by atoms with van der Waals surface area (Å²) in [5.41, 5.74) is 2.59. The van der Waals surface area contributed by atoms with Gasteiger partial charge in [0.25, 0.3) is 0 Å². The number of nitrogens with zero attached hydrogens (tertiary/aromatic N) is 3. The number of imidazole rings is 1. The zero-order chi connectivity index (χ0) is 28.8. The first-order valence-corrected chi connectivity index (χ1v) is 19.7. The molecule has 0 N–H and O–H groups in total. The largest absolute Gasteiger partial charge is 0.444 e. The molecule has 220 valence electrons. The molecule has 2 aromatic rings. The summed E-state index contributed by atoms with van der Waals surface area (Å²) in [5, 5.41) is 0. The normalized spacial score (nSPS) is 26.9. The van der Waals surface area contributed by atoms with Crippen LogP contribution in [-0.2, 0) is 27.0 Å². The van der Waals surface area contributed by atoms with Gasteiger partial charge in [0.05, 0.1) is 11.7 Å². The van der Waals surface area contributed by atoms with Gasteiger partial charge in [0.15, 0.2) is 0 Å². The number of hydrogen-bond donors (Lipinski definition) is 0.